The molecule has 114 valence electrons. The second kappa shape index (κ2) is 7.20. The summed E-state index contributed by atoms with van der Waals surface area (Å²) in [6.45, 7) is -0.281. The topological polar surface area (TPSA) is 128 Å². The molecule has 1 aromatic carbocycles. The van der Waals surface area contributed by atoms with Crippen LogP contribution in [0.4, 0.5) is 5.69 Å². The number of rotatable bonds is 7. The number of carboxylic acids is 1. The maximum atomic E-state index is 12.0. The Morgan fingerprint density at radius 3 is 2.57 bits per heavy atom. The number of nitrogens with zero attached hydrogens (tertiary/aromatic N) is 1. The standard InChI is InChI=1S/C12H14N2O7/c1-20-9(12(16)17)6-13-11(15)7-4-3-5-8(14(18)19)10(7)21-2/h3-5,9H,6H2,1-2H3,(H,13,15)(H,16,17). The van der Waals surface area contributed by atoms with E-state index in [0.717, 1.165) is 0 Å². The highest BCUT2D eigenvalue weighted by Gasteiger charge is 2.24. The molecule has 0 bridgehead atoms. The van der Waals surface area contributed by atoms with Gasteiger partial charge in [-0.2, -0.15) is 0 Å². The Hall–Kier alpha value is -2.68. The Balaban J connectivity index is 2.95. The highest BCUT2D eigenvalue weighted by Crippen LogP contribution is 2.30. The number of nitrogens with one attached hydrogen (secondary N) is 1. The van der Waals surface area contributed by atoms with Crippen molar-refractivity contribution in [3.05, 3.63) is 33.9 Å². The molecule has 9 heteroatoms. The first-order valence-electron chi connectivity index (χ1n) is 5.77. The van der Waals surface area contributed by atoms with E-state index < -0.39 is 22.9 Å². The summed E-state index contributed by atoms with van der Waals surface area (Å²) in [6, 6.07) is 3.87. The van der Waals surface area contributed by atoms with Crippen LogP contribution < -0.4 is 10.1 Å². The molecule has 0 aliphatic rings. The third-order valence-corrected chi connectivity index (χ3v) is 2.65. The fourth-order valence-corrected chi connectivity index (χ4v) is 1.61. The first kappa shape index (κ1) is 16.4. The van der Waals surface area contributed by atoms with Gasteiger partial charge in [0.1, 0.15) is 0 Å². The summed E-state index contributed by atoms with van der Waals surface area (Å²) in [6.07, 6.45) is -1.21. The van der Waals surface area contributed by atoms with Crippen LogP contribution in [0.15, 0.2) is 18.2 Å². The number of carboxylic acid groups (broad SMARTS) is 1. The van der Waals surface area contributed by atoms with E-state index in [-0.39, 0.29) is 23.5 Å². The number of methoxy groups -OCH3 is 2. The van der Waals surface area contributed by atoms with E-state index in [9.17, 15) is 19.7 Å². The minimum absolute atomic E-state index is 0.0630. The van der Waals surface area contributed by atoms with Crippen LogP contribution in [0.2, 0.25) is 0 Å². The van der Waals surface area contributed by atoms with Gasteiger partial charge in [-0.25, -0.2) is 4.79 Å². The number of benzene rings is 1. The molecule has 1 unspecified atom stereocenters. The molecule has 0 spiro atoms. The Morgan fingerprint density at radius 1 is 1.43 bits per heavy atom. The number of carbonyl (C=O) groups is 2. The first-order valence-corrected chi connectivity index (χ1v) is 5.77. The van der Waals surface area contributed by atoms with Crippen molar-refractivity contribution < 1.29 is 29.1 Å². The fraction of sp³-hybridized carbons (Fsp3) is 0.333. The highest BCUT2D eigenvalue weighted by atomic mass is 16.6. The minimum Gasteiger partial charge on any atom is -0.490 e. The molecule has 0 saturated heterocycles. The van der Waals surface area contributed by atoms with Crippen LogP contribution in [0.25, 0.3) is 0 Å². The molecule has 1 atom stereocenters. The SMILES string of the molecule is COc1c(C(=O)NCC(OC)C(=O)O)cccc1[N+](=O)[O-]. The van der Waals surface area contributed by atoms with Crippen LogP contribution in [0.5, 0.6) is 5.75 Å². The minimum atomic E-state index is -1.23. The van der Waals surface area contributed by atoms with Crippen molar-refractivity contribution in [2.75, 3.05) is 20.8 Å². The van der Waals surface area contributed by atoms with E-state index in [1.54, 1.807) is 0 Å². The number of nitro groups is 1. The van der Waals surface area contributed by atoms with Gasteiger partial charge in [-0.3, -0.25) is 14.9 Å². The van der Waals surface area contributed by atoms with Gasteiger partial charge in [0.2, 0.25) is 5.75 Å². The van der Waals surface area contributed by atoms with Crippen molar-refractivity contribution in [3.8, 4) is 5.75 Å². The summed E-state index contributed by atoms with van der Waals surface area (Å²) in [5.41, 5.74) is -0.418. The molecular weight excluding hydrogens is 284 g/mol. The van der Waals surface area contributed by atoms with Gasteiger partial charge in [0.25, 0.3) is 5.91 Å². The van der Waals surface area contributed by atoms with Crippen LogP contribution >= 0.6 is 0 Å². The maximum absolute atomic E-state index is 12.0. The van der Waals surface area contributed by atoms with Gasteiger partial charge in [-0.15, -0.1) is 0 Å². The monoisotopic (exact) mass is 298 g/mol. The molecule has 0 radical (unpaired) electrons. The van der Waals surface area contributed by atoms with E-state index in [1.165, 1.54) is 32.4 Å². The number of amides is 1. The molecule has 9 nitrogen and oxygen atoms in total. The quantitative estimate of drug-likeness (QED) is 0.551. The van der Waals surface area contributed by atoms with Crippen LogP contribution in [-0.4, -0.2) is 48.8 Å². The predicted molar refractivity (Wildman–Crippen MR) is 70.4 cm³/mol. The molecule has 0 aliphatic carbocycles. The Kier molecular flexibility index (Phi) is 5.61. The van der Waals surface area contributed by atoms with Gasteiger partial charge < -0.3 is 19.9 Å². The van der Waals surface area contributed by atoms with Crippen molar-refractivity contribution in [2.45, 2.75) is 6.10 Å². The average Bonchev–Trinajstić information content (AvgIpc) is 2.46. The summed E-state index contributed by atoms with van der Waals surface area (Å²) < 4.78 is 9.55. The molecule has 0 aromatic heterocycles. The number of aliphatic carboxylic acids is 1. The molecule has 2 N–H and O–H groups in total. The Labute approximate surface area is 119 Å². The highest BCUT2D eigenvalue weighted by molar-refractivity contribution is 5.98. The van der Waals surface area contributed by atoms with E-state index in [4.69, 9.17) is 9.84 Å². The number of carbonyl (C=O) groups excluding carboxylic acids is 1. The molecule has 0 fully saturated rings. The Morgan fingerprint density at radius 2 is 2.10 bits per heavy atom. The van der Waals surface area contributed by atoms with Gasteiger partial charge in [-0.05, 0) is 6.07 Å². The summed E-state index contributed by atoms with van der Waals surface area (Å²) in [4.78, 5) is 32.9. The van der Waals surface area contributed by atoms with Crippen LogP contribution in [0.3, 0.4) is 0 Å². The van der Waals surface area contributed by atoms with Crippen molar-refractivity contribution in [3.63, 3.8) is 0 Å². The summed E-state index contributed by atoms with van der Waals surface area (Å²) >= 11 is 0. The van der Waals surface area contributed by atoms with Gasteiger partial charge in [0, 0.05) is 13.2 Å². The van der Waals surface area contributed by atoms with Crippen molar-refractivity contribution >= 4 is 17.6 Å². The molecule has 0 saturated carbocycles. The molecular formula is C12H14N2O7. The van der Waals surface area contributed by atoms with Crippen molar-refractivity contribution in [2.24, 2.45) is 0 Å². The van der Waals surface area contributed by atoms with E-state index in [2.05, 4.69) is 10.1 Å². The average molecular weight is 298 g/mol. The second-order valence-electron chi connectivity index (χ2n) is 3.89. The lowest BCUT2D eigenvalue weighted by Gasteiger charge is -2.13. The van der Waals surface area contributed by atoms with E-state index in [1.807, 2.05) is 0 Å². The van der Waals surface area contributed by atoms with E-state index in [0.29, 0.717) is 0 Å². The number of hydrogen-bond acceptors (Lipinski definition) is 6. The summed E-state index contributed by atoms with van der Waals surface area (Å²) in [5.74, 6) is -2.12. The largest absolute Gasteiger partial charge is 0.490 e. The lowest BCUT2D eigenvalue weighted by Crippen LogP contribution is -2.37. The number of hydrogen-bond donors (Lipinski definition) is 2. The van der Waals surface area contributed by atoms with Gasteiger partial charge >= 0.3 is 11.7 Å². The maximum Gasteiger partial charge on any atom is 0.334 e. The van der Waals surface area contributed by atoms with Crippen LogP contribution in [-0.2, 0) is 9.53 Å². The fourth-order valence-electron chi connectivity index (χ4n) is 1.61. The van der Waals surface area contributed by atoms with E-state index >= 15 is 0 Å². The lowest BCUT2D eigenvalue weighted by molar-refractivity contribution is -0.385. The zero-order chi connectivity index (χ0) is 16.0. The van der Waals surface area contributed by atoms with Crippen molar-refractivity contribution in [1.82, 2.24) is 5.32 Å². The molecule has 1 aromatic rings. The van der Waals surface area contributed by atoms with Gasteiger partial charge in [0.15, 0.2) is 6.10 Å². The Bertz CT molecular complexity index is 559. The third kappa shape index (κ3) is 3.89. The first-order chi connectivity index (χ1) is 9.92. The smallest absolute Gasteiger partial charge is 0.334 e. The molecule has 0 heterocycles. The van der Waals surface area contributed by atoms with Crippen LogP contribution in [0.1, 0.15) is 10.4 Å². The summed E-state index contributed by atoms with van der Waals surface area (Å²) in [5, 5.41) is 22.0. The molecule has 1 rings (SSSR count). The molecule has 0 aliphatic heterocycles. The molecule has 21 heavy (non-hydrogen) atoms. The van der Waals surface area contributed by atoms with Gasteiger partial charge in [-0.1, -0.05) is 6.07 Å². The number of nitro benzene ring substituents is 1. The second-order valence-corrected chi connectivity index (χ2v) is 3.89. The normalized spacial score (nSPS) is 11.5. The zero-order valence-electron chi connectivity index (χ0n) is 11.4. The number of para-hydroxylation sites is 1. The predicted octanol–water partition coefficient (Wildman–Crippen LogP) is 0.433. The summed E-state index contributed by atoms with van der Waals surface area (Å²) in [7, 11) is 2.40. The van der Waals surface area contributed by atoms with Crippen molar-refractivity contribution in [1.29, 1.82) is 0 Å². The third-order valence-electron chi connectivity index (χ3n) is 2.65. The van der Waals surface area contributed by atoms with Crippen LogP contribution in [0, 0.1) is 10.1 Å². The number of ether oxygens (including phenoxy) is 2. The zero-order valence-corrected chi connectivity index (χ0v) is 11.4. The van der Waals surface area contributed by atoms with Gasteiger partial charge in [0.05, 0.1) is 24.1 Å². The molecule has 1 amide bonds. The lowest BCUT2D eigenvalue weighted by atomic mass is 10.1.